The van der Waals surface area contributed by atoms with E-state index in [9.17, 15) is 14.0 Å². The van der Waals surface area contributed by atoms with Gasteiger partial charge in [0, 0.05) is 18.3 Å². The molecule has 0 aromatic heterocycles. The standard InChI is InChI=1S/C22H23FN2O4/c1-4-25-21(26)19(14-7-9-15(23)10-8-14)20(22(25)27)24-16-11-12-17(28-5-2)18(13-16)29-6-3/h7-13,24H,4-6H2,1-3H3. The van der Waals surface area contributed by atoms with Gasteiger partial charge >= 0.3 is 0 Å². The molecule has 0 unspecified atom stereocenters. The Morgan fingerprint density at radius 3 is 2.17 bits per heavy atom. The summed E-state index contributed by atoms with van der Waals surface area (Å²) in [6, 6.07) is 10.7. The lowest BCUT2D eigenvalue weighted by Gasteiger charge is -2.14. The third-order valence-electron chi connectivity index (χ3n) is 4.43. The van der Waals surface area contributed by atoms with Crippen LogP contribution in [0.4, 0.5) is 10.1 Å². The van der Waals surface area contributed by atoms with E-state index >= 15 is 0 Å². The fraction of sp³-hybridized carbons (Fsp3) is 0.273. The van der Waals surface area contributed by atoms with E-state index in [-0.39, 0.29) is 17.8 Å². The van der Waals surface area contributed by atoms with E-state index < -0.39 is 17.6 Å². The fourth-order valence-corrected chi connectivity index (χ4v) is 3.14. The second-order valence-corrected chi connectivity index (χ2v) is 6.26. The molecule has 0 aliphatic carbocycles. The summed E-state index contributed by atoms with van der Waals surface area (Å²) in [6.07, 6.45) is 0. The van der Waals surface area contributed by atoms with Crippen molar-refractivity contribution < 1.29 is 23.5 Å². The largest absolute Gasteiger partial charge is 0.490 e. The van der Waals surface area contributed by atoms with Gasteiger partial charge < -0.3 is 14.8 Å². The Morgan fingerprint density at radius 1 is 0.897 bits per heavy atom. The number of hydrogen-bond acceptors (Lipinski definition) is 5. The van der Waals surface area contributed by atoms with E-state index in [0.29, 0.717) is 36.0 Å². The lowest BCUT2D eigenvalue weighted by Crippen LogP contribution is -2.32. The van der Waals surface area contributed by atoms with Crippen LogP contribution in [-0.4, -0.2) is 36.5 Å². The molecule has 152 valence electrons. The highest BCUT2D eigenvalue weighted by atomic mass is 19.1. The quantitative estimate of drug-likeness (QED) is 0.685. The highest BCUT2D eigenvalue weighted by Crippen LogP contribution is 2.34. The van der Waals surface area contributed by atoms with Crippen molar-refractivity contribution >= 4 is 23.1 Å². The number of halogens is 1. The number of anilines is 1. The number of ether oxygens (including phenoxy) is 2. The summed E-state index contributed by atoms with van der Waals surface area (Å²) < 4.78 is 24.5. The minimum atomic E-state index is -0.427. The number of amides is 2. The third-order valence-corrected chi connectivity index (χ3v) is 4.43. The number of carbonyl (C=O) groups excluding carboxylic acids is 2. The molecule has 0 saturated heterocycles. The lowest BCUT2D eigenvalue weighted by atomic mass is 10.0. The molecule has 1 aliphatic heterocycles. The highest BCUT2D eigenvalue weighted by molar-refractivity contribution is 6.36. The zero-order chi connectivity index (χ0) is 21.0. The summed E-state index contributed by atoms with van der Waals surface area (Å²) in [5.41, 5.74) is 1.41. The predicted octanol–water partition coefficient (Wildman–Crippen LogP) is 3.84. The van der Waals surface area contributed by atoms with Crippen LogP contribution < -0.4 is 14.8 Å². The van der Waals surface area contributed by atoms with Crippen molar-refractivity contribution in [2.75, 3.05) is 25.1 Å². The number of imide groups is 1. The molecule has 1 aliphatic rings. The number of benzene rings is 2. The molecule has 2 aromatic rings. The van der Waals surface area contributed by atoms with Gasteiger partial charge in [-0.15, -0.1) is 0 Å². The van der Waals surface area contributed by atoms with Gasteiger partial charge in [0.25, 0.3) is 11.8 Å². The summed E-state index contributed by atoms with van der Waals surface area (Å²) in [6.45, 7) is 6.65. The Bertz CT molecular complexity index is 954. The maximum Gasteiger partial charge on any atom is 0.278 e. The zero-order valence-electron chi connectivity index (χ0n) is 16.6. The van der Waals surface area contributed by atoms with Crippen LogP contribution in [0.25, 0.3) is 5.57 Å². The van der Waals surface area contributed by atoms with Gasteiger partial charge in [-0.1, -0.05) is 12.1 Å². The molecule has 3 rings (SSSR count). The monoisotopic (exact) mass is 398 g/mol. The molecule has 2 aromatic carbocycles. The fourth-order valence-electron chi connectivity index (χ4n) is 3.14. The topological polar surface area (TPSA) is 67.9 Å². The van der Waals surface area contributed by atoms with E-state index in [2.05, 4.69) is 5.32 Å². The number of nitrogens with zero attached hydrogens (tertiary/aromatic N) is 1. The molecule has 29 heavy (non-hydrogen) atoms. The predicted molar refractivity (Wildman–Crippen MR) is 108 cm³/mol. The van der Waals surface area contributed by atoms with Crippen LogP contribution in [0.15, 0.2) is 48.2 Å². The Kier molecular flexibility index (Phi) is 6.16. The molecule has 2 amide bonds. The molecule has 1 N–H and O–H groups in total. The number of carbonyl (C=O) groups is 2. The van der Waals surface area contributed by atoms with Gasteiger partial charge in [-0.25, -0.2) is 4.39 Å². The summed E-state index contributed by atoms with van der Waals surface area (Å²) >= 11 is 0. The van der Waals surface area contributed by atoms with Crippen molar-refractivity contribution in [1.82, 2.24) is 4.90 Å². The zero-order valence-corrected chi connectivity index (χ0v) is 16.6. The summed E-state index contributed by atoms with van der Waals surface area (Å²) in [5.74, 6) is -0.129. The molecule has 0 saturated carbocycles. The first-order valence-corrected chi connectivity index (χ1v) is 9.53. The van der Waals surface area contributed by atoms with Gasteiger partial charge in [-0.05, 0) is 50.6 Å². The molecule has 0 radical (unpaired) electrons. The molecular weight excluding hydrogens is 375 g/mol. The van der Waals surface area contributed by atoms with Crippen molar-refractivity contribution in [1.29, 1.82) is 0 Å². The Labute approximate surface area is 168 Å². The average molecular weight is 398 g/mol. The summed E-state index contributed by atoms with van der Waals surface area (Å²) in [7, 11) is 0. The summed E-state index contributed by atoms with van der Waals surface area (Å²) in [5, 5.41) is 3.05. The Hall–Kier alpha value is -3.35. The SMILES string of the molecule is CCOc1ccc(NC2=C(c3ccc(F)cc3)C(=O)N(CC)C2=O)cc1OCC. The van der Waals surface area contributed by atoms with Gasteiger partial charge in [-0.3, -0.25) is 14.5 Å². The van der Waals surface area contributed by atoms with Gasteiger partial charge in [0.2, 0.25) is 0 Å². The minimum absolute atomic E-state index is 0.148. The first kappa shape index (κ1) is 20.4. The second kappa shape index (κ2) is 8.77. The van der Waals surface area contributed by atoms with E-state index in [1.165, 1.54) is 24.3 Å². The first-order valence-electron chi connectivity index (χ1n) is 9.53. The van der Waals surface area contributed by atoms with Crippen LogP contribution in [0.2, 0.25) is 0 Å². The molecule has 0 atom stereocenters. The third kappa shape index (κ3) is 4.08. The number of nitrogens with one attached hydrogen (secondary N) is 1. The minimum Gasteiger partial charge on any atom is -0.490 e. The van der Waals surface area contributed by atoms with E-state index in [4.69, 9.17) is 9.47 Å². The van der Waals surface area contributed by atoms with Gasteiger partial charge in [0.15, 0.2) is 11.5 Å². The Morgan fingerprint density at radius 2 is 1.55 bits per heavy atom. The van der Waals surface area contributed by atoms with Crippen molar-refractivity contribution in [3.63, 3.8) is 0 Å². The van der Waals surface area contributed by atoms with E-state index in [0.717, 1.165) is 4.90 Å². The van der Waals surface area contributed by atoms with Crippen molar-refractivity contribution in [2.45, 2.75) is 20.8 Å². The molecule has 0 spiro atoms. The number of hydrogen-bond donors (Lipinski definition) is 1. The van der Waals surface area contributed by atoms with Crippen LogP contribution >= 0.6 is 0 Å². The van der Waals surface area contributed by atoms with Crippen LogP contribution in [0.5, 0.6) is 11.5 Å². The van der Waals surface area contributed by atoms with Crippen LogP contribution in [0.1, 0.15) is 26.3 Å². The highest BCUT2D eigenvalue weighted by Gasteiger charge is 2.38. The van der Waals surface area contributed by atoms with E-state index in [1.54, 1.807) is 25.1 Å². The van der Waals surface area contributed by atoms with Crippen LogP contribution in [0.3, 0.4) is 0 Å². The average Bonchev–Trinajstić information content (AvgIpc) is 2.94. The number of rotatable bonds is 8. The van der Waals surface area contributed by atoms with Gasteiger partial charge in [-0.2, -0.15) is 0 Å². The van der Waals surface area contributed by atoms with Crippen molar-refractivity contribution in [3.8, 4) is 11.5 Å². The first-order chi connectivity index (χ1) is 14.0. The molecule has 0 fully saturated rings. The molecular formula is C22H23FN2O4. The number of likely N-dealkylation sites (N-methyl/N-ethyl adjacent to an activating group) is 1. The molecule has 7 heteroatoms. The van der Waals surface area contributed by atoms with Crippen molar-refractivity contribution in [3.05, 3.63) is 59.5 Å². The van der Waals surface area contributed by atoms with Gasteiger partial charge in [0.1, 0.15) is 11.5 Å². The lowest BCUT2D eigenvalue weighted by molar-refractivity contribution is -0.136. The van der Waals surface area contributed by atoms with Gasteiger partial charge in [0.05, 0.1) is 18.8 Å². The Balaban J connectivity index is 2.03. The summed E-state index contributed by atoms with van der Waals surface area (Å²) in [4.78, 5) is 26.8. The van der Waals surface area contributed by atoms with Crippen molar-refractivity contribution in [2.24, 2.45) is 0 Å². The normalized spacial score (nSPS) is 13.9. The van der Waals surface area contributed by atoms with Crippen LogP contribution in [0, 0.1) is 5.82 Å². The van der Waals surface area contributed by atoms with E-state index in [1.807, 2.05) is 13.8 Å². The maximum absolute atomic E-state index is 13.3. The maximum atomic E-state index is 13.3. The molecule has 1 heterocycles. The molecule has 0 bridgehead atoms. The molecule has 6 nitrogen and oxygen atoms in total. The van der Waals surface area contributed by atoms with Crippen LogP contribution in [-0.2, 0) is 9.59 Å². The smallest absolute Gasteiger partial charge is 0.278 e. The second-order valence-electron chi connectivity index (χ2n) is 6.26.